The molecule has 0 spiro atoms. The molecule has 23 heavy (non-hydrogen) atoms. The summed E-state index contributed by atoms with van der Waals surface area (Å²) < 4.78 is 6.00. The number of fused-ring (bicyclic) bond motifs is 1. The second-order valence-corrected chi connectivity index (χ2v) is 6.37. The molecule has 0 saturated heterocycles. The molecule has 0 amide bonds. The molecule has 0 bridgehead atoms. The summed E-state index contributed by atoms with van der Waals surface area (Å²) in [5, 5.41) is 4.20. The number of benzene rings is 2. The number of hydrogen-bond donors (Lipinski definition) is 1. The third kappa shape index (κ3) is 5.13. The van der Waals surface area contributed by atoms with Crippen LogP contribution in [-0.2, 0) is 6.42 Å². The summed E-state index contributed by atoms with van der Waals surface area (Å²) >= 11 is 12.0. The maximum Gasteiger partial charge on any atom is 0.138 e. The van der Waals surface area contributed by atoms with Crippen LogP contribution < -0.4 is 10.1 Å². The highest BCUT2D eigenvalue weighted by Crippen LogP contribution is 2.37. The summed E-state index contributed by atoms with van der Waals surface area (Å²) in [4.78, 5) is 0. The van der Waals surface area contributed by atoms with Crippen molar-refractivity contribution in [2.45, 2.75) is 32.3 Å². The second kappa shape index (κ2) is 9.17. The maximum atomic E-state index is 6.13. The number of nitrogens with one attached hydrogen (secondary N) is 1. The van der Waals surface area contributed by atoms with E-state index in [1.165, 1.54) is 17.5 Å². The largest absolute Gasteiger partial charge is 0.484 e. The third-order valence-electron chi connectivity index (χ3n) is 3.74. The van der Waals surface area contributed by atoms with E-state index in [4.69, 9.17) is 27.9 Å². The lowest BCUT2D eigenvalue weighted by Gasteiger charge is -2.16. The minimum Gasteiger partial charge on any atom is -0.484 e. The molecule has 2 nitrogen and oxygen atoms in total. The first-order valence-electron chi connectivity index (χ1n) is 7.99. The molecule has 1 unspecified atom stereocenters. The van der Waals surface area contributed by atoms with Crippen molar-refractivity contribution in [3.8, 4) is 5.75 Å². The van der Waals surface area contributed by atoms with Crippen LogP contribution >= 0.6 is 23.2 Å². The first kappa shape index (κ1) is 18.1. The lowest BCUT2D eigenvalue weighted by Crippen LogP contribution is -2.04. The van der Waals surface area contributed by atoms with Crippen molar-refractivity contribution in [2.75, 3.05) is 13.6 Å². The van der Waals surface area contributed by atoms with Gasteiger partial charge in [0.15, 0.2) is 0 Å². The SMILES string of the molecule is CCCNC.Clc1ccc(OC2CCc3ccccc32)c(Cl)c1. The van der Waals surface area contributed by atoms with E-state index >= 15 is 0 Å². The van der Waals surface area contributed by atoms with Gasteiger partial charge in [-0.1, -0.05) is 54.4 Å². The van der Waals surface area contributed by atoms with Crippen molar-refractivity contribution in [3.05, 3.63) is 63.6 Å². The summed E-state index contributed by atoms with van der Waals surface area (Å²) in [6.07, 6.45) is 3.39. The van der Waals surface area contributed by atoms with Gasteiger partial charge in [-0.25, -0.2) is 0 Å². The van der Waals surface area contributed by atoms with Crippen LogP contribution in [0.15, 0.2) is 42.5 Å². The normalized spacial score (nSPS) is 15.6. The van der Waals surface area contributed by atoms with Gasteiger partial charge in [0.2, 0.25) is 0 Å². The average Bonchev–Trinajstić information content (AvgIpc) is 2.95. The zero-order chi connectivity index (χ0) is 16.7. The predicted octanol–water partition coefficient (Wildman–Crippen LogP) is 5.68. The molecule has 1 aliphatic rings. The molecule has 124 valence electrons. The van der Waals surface area contributed by atoms with Gasteiger partial charge in [-0.3, -0.25) is 0 Å². The Balaban J connectivity index is 0.000000338. The van der Waals surface area contributed by atoms with Crippen molar-refractivity contribution in [2.24, 2.45) is 0 Å². The quantitative estimate of drug-likeness (QED) is 0.765. The molecule has 0 saturated carbocycles. The average molecular weight is 352 g/mol. The molecule has 0 aliphatic heterocycles. The molecule has 2 aromatic carbocycles. The lowest BCUT2D eigenvalue weighted by atomic mass is 10.1. The summed E-state index contributed by atoms with van der Waals surface area (Å²) in [6, 6.07) is 13.7. The van der Waals surface area contributed by atoms with Crippen LogP contribution in [0.1, 0.15) is 37.0 Å². The second-order valence-electron chi connectivity index (χ2n) is 5.52. The highest BCUT2D eigenvalue weighted by Gasteiger charge is 2.24. The van der Waals surface area contributed by atoms with Crippen LogP contribution in [-0.4, -0.2) is 13.6 Å². The van der Waals surface area contributed by atoms with E-state index in [0.29, 0.717) is 15.8 Å². The van der Waals surface area contributed by atoms with Crippen LogP contribution in [0.3, 0.4) is 0 Å². The van der Waals surface area contributed by atoms with E-state index < -0.39 is 0 Å². The van der Waals surface area contributed by atoms with Crippen molar-refractivity contribution in [1.29, 1.82) is 0 Å². The van der Waals surface area contributed by atoms with E-state index in [-0.39, 0.29) is 6.10 Å². The number of hydrogen-bond acceptors (Lipinski definition) is 2. The Hall–Kier alpha value is -1.22. The molecule has 0 heterocycles. The van der Waals surface area contributed by atoms with Gasteiger partial charge in [0.05, 0.1) is 5.02 Å². The van der Waals surface area contributed by atoms with Gasteiger partial charge >= 0.3 is 0 Å². The number of ether oxygens (including phenoxy) is 1. The Bertz CT molecular complexity index is 629. The van der Waals surface area contributed by atoms with E-state index in [9.17, 15) is 0 Å². The Kier molecular flexibility index (Phi) is 7.22. The smallest absolute Gasteiger partial charge is 0.138 e. The predicted molar refractivity (Wildman–Crippen MR) is 98.8 cm³/mol. The maximum absolute atomic E-state index is 6.13. The Labute approximate surface area is 148 Å². The molecule has 1 atom stereocenters. The summed E-state index contributed by atoms with van der Waals surface area (Å²) in [7, 11) is 1.96. The number of rotatable bonds is 4. The van der Waals surface area contributed by atoms with Gasteiger partial charge in [0.1, 0.15) is 11.9 Å². The molecule has 2 aromatic rings. The molecule has 4 heteroatoms. The van der Waals surface area contributed by atoms with Crippen molar-refractivity contribution < 1.29 is 4.74 Å². The number of halogens is 2. The van der Waals surface area contributed by atoms with E-state index in [1.54, 1.807) is 12.1 Å². The molecular formula is C19H23Cl2NO. The zero-order valence-corrected chi connectivity index (χ0v) is 15.1. The minimum atomic E-state index is 0.0971. The van der Waals surface area contributed by atoms with E-state index in [2.05, 4.69) is 30.4 Å². The minimum absolute atomic E-state index is 0.0971. The van der Waals surface area contributed by atoms with Crippen molar-refractivity contribution in [3.63, 3.8) is 0 Å². The zero-order valence-electron chi connectivity index (χ0n) is 13.6. The highest BCUT2D eigenvalue weighted by molar-refractivity contribution is 6.35. The van der Waals surface area contributed by atoms with Crippen LogP contribution in [0.2, 0.25) is 10.0 Å². The Morgan fingerprint density at radius 1 is 1.17 bits per heavy atom. The van der Waals surface area contributed by atoms with E-state index in [0.717, 1.165) is 19.4 Å². The molecule has 0 radical (unpaired) electrons. The van der Waals surface area contributed by atoms with Gasteiger partial charge in [-0.2, -0.15) is 0 Å². The molecule has 0 fully saturated rings. The third-order valence-corrected chi connectivity index (χ3v) is 4.27. The van der Waals surface area contributed by atoms with Gasteiger partial charge in [-0.05, 0) is 62.2 Å². The van der Waals surface area contributed by atoms with Crippen molar-refractivity contribution >= 4 is 23.2 Å². The Morgan fingerprint density at radius 2 is 1.96 bits per heavy atom. The number of aryl methyl sites for hydroxylation is 1. The van der Waals surface area contributed by atoms with Gasteiger partial charge in [0.25, 0.3) is 0 Å². The van der Waals surface area contributed by atoms with Gasteiger partial charge in [-0.15, -0.1) is 0 Å². The molecular weight excluding hydrogens is 329 g/mol. The molecule has 0 aromatic heterocycles. The van der Waals surface area contributed by atoms with Crippen LogP contribution in [0, 0.1) is 0 Å². The fourth-order valence-corrected chi connectivity index (χ4v) is 3.07. The van der Waals surface area contributed by atoms with E-state index in [1.807, 2.05) is 19.2 Å². The topological polar surface area (TPSA) is 21.3 Å². The molecule has 1 aliphatic carbocycles. The summed E-state index contributed by atoms with van der Waals surface area (Å²) in [5.41, 5.74) is 2.64. The summed E-state index contributed by atoms with van der Waals surface area (Å²) in [6.45, 7) is 3.29. The first-order valence-corrected chi connectivity index (χ1v) is 8.75. The van der Waals surface area contributed by atoms with Crippen LogP contribution in [0.4, 0.5) is 0 Å². The van der Waals surface area contributed by atoms with Gasteiger partial charge in [0, 0.05) is 5.02 Å². The molecule has 3 rings (SSSR count). The van der Waals surface area contributed by atoms with Crippen molar-refractivity contribution in [1.82, 2.24) is 5.32 Å². The fourth-order valence-electron chi connectivity index (χ4n) is 2.61. The van der Waals surface area contributed by atoms with Crippen LogP contribution in [0.5, 0.6) is 5.75 Å². The highest BCUT2D eigenvalue weighted by atomic mass is 35.5. The fraction of sp³-hybridized carbons (Fsp3) is 0.368. The monoisotopic (exact) mass is 351 g/mol. The summed E-state index contributed by atoms with van der Waals surface area (Å²) in [5.74, 6) is 0.697. The van der Waals surface area contributed by atoms with Crippen LogP contribution in [0.25, 0.3) is 0 Å². The molecule has 1 N–H and O–H groups in total. The standard InChI is InChI=1S/C15H12Cl2O.C4H11N/c16-11-6-8-15(13(17)9-11)18-14-7-5-10-3-1-2-4-12(10)14;1-3-4-5-2/h1-4,6,8-9,14H,5,7H2;5H,3-4H2,1-2H3. The Morgan fingerprint density at radius 3 is 2.61 bits per heavy atom. The van der Waals surface area contributed by atoms with Gasteiger partial charge < -0.3 is 10.1 Å². The first-order chi connectivity index (χ1) is 11.2. The lowest BCUT2D eigenvalue weighted by molar-refractivity contribution is 0.208.